The molecule has 9 heteroatoms. The molecule has 0 fully saturated rings. The predicted octanol–water partition coefficient (Wildman–Crippen LogP) is 1.63. The van der Waals surface area contributed by atoms with Gasteiger partial charge in [0, 0.05) is 5.71 Å². The lowest BCUT2D eigenvalue weighted by atomic mass is 9.96. The van der Waals surface area contributed by atoms with Crippen molar-refractivity contribution in [3.05, 3.63) is 24.3 Å². The minimum Gasteiger partial charge on any atom is -0.469 e. The first-order valence-corrected chi connectivity index (χ1v) is 8.82. The third kappa shape index (κ3) is 3.49. The lowest BCUT2D eigenvalue weighted by molar-refractivity contribution is -0.139. The van der Waals surface area contributed by atoms with E-state index >= 15 is 0 Å². The van der Waals surface area contributed by atoms with Crippen LogP contribution in [0, 0.1) is 5.92 Å². The van der Waals surface area contributed by atoms with Crippen molar-refractivity contribution in [1.29, 1.82) is 0 Å². The largest absolute Gasteiger partial charge is 0.469 e. The number of hydrogen-bond donors (Lipinski definition) is 1. The molecule has 1 aromatic heterocycles. The van der Waals surface area contributed by atoms with Gasteiger partial charge in [-0.25, -0.2) is 4.98 Å². The Labute approximate surface area is 153 Å². The molecule has 0 saturated carbocycles. The van der Waals surface area contributed by atoms with E-state index in [1.54, 1.807) is 6.92 Å². The highest BCUT2D eigenvalue weighted by Gasteiger charge is 2.40. The third-order valence-electron chi connectivity index (χ3n) is 3.91. The smallest absolute Gasteiger partial charge is 0.311 e. The SMILES string of the molecule is COC(=O)CC1=NN(c2nc3ccccc3s2)C(=O)C1C(C)=NCCO. The molecule has 1 atom stereocenters. The van der Waals surface area contributed by atoms with E-state index in [-0.39, 0.29) is 25.5 Å². The number of nitrogens with zero attached hydrogens (tertiary/aromatic N) is 4. The van der Waals surface area contributed by atoms with Crippen molar-refractivity contribution in [1.82, 2.24) is 4.98 Å². The monoisotopic (exact) mass is 374 g/mol. The topological polar surface area (TPSA) is 104 Å². The van der Waals surface area contributed by atoms with Crippen LogP contribution in [0.25, 0.3) is 10.2 Å². The highest BCUT2D eigenvalue weighted by Crippen LogP contribution is 2.33. The fourth-order valence-corrected chi connectivity index (χ4v) is 3.61. The van der Waals surface area contributed by atoms with Gasteiger partial charge in [-0.1, -0.05) is 23.5 Å². The number of fused-ring (bicyclic) bond motifs is 1. The Morgan fingerprint density at radius 3 is 2.88 bits per heavy atom. The summed E-state index contributed by atoms with van der Waals surface area (Å²) in [4.78, 5) is 33.3. The number of esters is 1. The Kier molecular flexibility index (Phi) is 5.38. The lowest BCUT2D eigenvalue weighted by Crippen LogP contribution is -2.33. The fourth-order valence-electron chi connectivity index (χ4n) is 2.68. The van der Waals surface area contributed by atoms with Crippen LogP contribution in [0.2, 0.25) is 0 Å². The highest BCUT2D eigenvalue weighted by atomic mass is 32.1. The second-order valence-corrected chi connectivity index (χ2v) is 6.65. The zero-order chi connectivity index (χ0) is 18.7. The van der Waals surface area contributed by atoms with E-state index in [0.29, 0.717) is 16.6 Å². The molecule has 0 saturated heterocycles. The molecule has 0 bridgehead atoms. The fraction of sp³-hybridized carbons (Fsp3) is 0.353. The Morgan fingerprint density at radius 1 is 1.42 bits per heavy atom. The Hall–Kier alpha value is -2.65. The Bertz CT molecular complexity index is 872. The molecule has 1 aromatic carbocycles. The van der Waals surface area contributed by atoms with Crippen LogP contribution in [0.15, 0.2) is 34.4 Å². The number of methoxy groups -OCH3 is 1. The molecular weight excluding hydrogens is 356 g/mol. The van der Waals surface area contributed by atoms with Crippen LogP contribution >= 0.6 is 11.3 Å². The second kappa shape index (κ2) is 7.71. The number of rotatable bonds is 6. The Morgan fingerprint density at radius 2 is 2.19 bits per heavy atom. The first-order chi connectivity index (χ1) is 12.5. The summed E-state index contributed by atoms with van der Waals surface area (Å²) in [5, 5.41) is 15.0. The maximum absolute atomic E-state index is 13.0. The standard InChI is InChI=1S/C17H18N4O4S/c1-10(18-7-8-22)15-12(9-14(23)25-2)20-21(16(15)24)17-19-11-5-3-4-6-13(11)26-17/h3-6,15,22H,7-9H2,1-2H3. The predicted molar refractivity (Wildman–Crippen MR) is 99.7 cm³/mol. The third-order valence-corrected chi connectivity index (χ3v) is 4.93. The van der Waals surface area contributed by atoms with Crippen LogP contribution in [0.5, 0.6) is 0 Å². The van der Waals surface area contributed by atoms with Crippen LogP contribution in [0.4, 0.5) is 5.13 Å². The van der Waals surface area contributed by atoms with Crippen molar-refractivity contribution in [3.63, 3.8) is 0 Å². The summed E-state index contributed by atoms with van der Waals surface area (Å²) in [6.07, 6.45) is -0.111. The number of para-hydroxylation sites is 1. The first kappa shape index (κ1) is 18.2. The Balaban J connectivity index is 1.97. The number of aromatic nitrogens is 1. The molecule has 1 amide bonds. The van der Waals surface area contributed by atoms with E-state index in [9.17, 15) is 9.59 Å². The average Bonchev–Trinajstić information content (AvgIpc) is 3.20. The summed E-state index contributed by atoms with van der Waals surface area (Å²) in [6, 6.07) is 7.55. The highest BCUT2D eigenvalue weighted by molar-refractivity contribution is 7.22. The van der Waals surface area contributed by atoms with Gasteiger partial charge >= 0.3 is 5.97 Å². The lowest BCUT2D eigenvalue weighted by Gasteiger charge is -2.12. The van der Waals surface area contributed by atoms with Crippen LogP contribution in [0.1, 0.15) is 13.3 Å². The second-order valence-electron chi connectivity index (χ2n) is 5.64. The van der Waals surface area contributed by atoms with Gasteiger partial charge in [-0.2, -0.15) is 10.1 Å². The maximum atomic E-state index is 13.0. The quantitative estimate of drug-likeness (QED) is 0.611. The first-order valence-electron chi connectivity index (χ1n) is 8.00. The molecule has 1 N–H and O–H groups in total. The van der Waals surface area contributed by atoms with E-state index in [4.69, 9.17) is 9.84 Å². The molecular formula is C17H18N4O4S. The number of amides is 1. The molecule has 0 aliphatic carbocycles. The minimum absolute atomic E-state index is 0.111. The summed E-state index contributed by atoms with van der Waals surface area (Å²) in [5.41, 5.74) is 1.63. The number of carbonyl (C=O) groups is 2. The van der Waals surface area contributed by atoms with Crippen molar-refractivity contribution >= 4 is 50.0 Å². The zero-order valence-corrected chi connectivity index (χ0v) is 15.2. The summed E-state index contributed by atoms with van der Waals surface area (Å²) in [7, 11) is 1.28. The van der Waals surface area contributed by atoms with Gasteiger partial charge in [-0.05, 0) is 19.1 Å². The number of aliphatic hydroxyl groups is 1. The normalized spacial score (nSPS) is 17.7. The number of hydrazone groups is 1. The number of ether oxygens (including phenoxy) is 1. The van der Waals surface area contributed by atoms with Crippen molar-refractivity contribution in [2.45, 2.75) is 13.3 Å². The number of thiazole rings is 1. The van der Waals surface area contributed by atoms with Gasteiger partial charge in [0.05, 0.1) is 42.6 Å². The molecule has 26 heavy (non-hydrogen) atoms. The van der Waals surface area contributed by atoms with Crippen molar-refractivity contribution < 1.29 is 19.4 Å². The van der Waals surface area contributed by atoms with E-state index in [1.807, 2.05) is 24.3 Å². The van der Waals surface area contributed by atoms with Gasteiger partial charge < -0.3 is 9.84 Å². The van der Waals surface area contributed by atoms with Gasteiger partial charge in [0.15, 0.2) is 0 Å². The maximum Gasteiger partial charge on any atom is 0.311 e. The molecule has 136 valence electrons. The van der Waals surface area contributed by atoms with Gasteiger partial charge in [0.1, 0.15) is 5.92 Å². The van der Waals surface area contributed by atoms with Gasteiger partial charge in [-0.3, -0.25) is 14.6 Å². The number of carbonyl (C=O) groups excluding carboxylic acids is 2. The molecule has 1 aliphatic rings. The summed E-state index contributed by atoms with van der Waals surface area (Å²) >= 11 is 1.35. The number of anilines is 1. The number of hydrogen-bond acceptors (Lipinski definition) is 8. The molecule has 3 rings (SSSR count). The molecule has 2 aromatic rings. The number of aliphatic imine (C=N–C) groups is 1. The van der Waals surface area contributed by atoms with Crippen molar-refractivity contribution in [2.75, 3.05) is 25.3 Å². The summed E-state index contributed by atoms with van der Waals surface area (Å²) in [5.74, 6) is -1.56. The molecule has 1 aliphatic heterocycles. The molecule has 0 radical (unpaired) electrons. The van der Waals surface area contributed by atoms with E-state index in [2.05, 4.69) is 15.1 Å². The van der Waals surface area contributed by atoms with Gasteiger partial charge in [0.25, 0.3) is 5.91 Å². The summed E-state index contributed by atoms with van der Waals surface area (Å²) < 4.78 is 5.64. The number of aliphatic hydroxyl groups excluding tert-OH is 1. The molecule has 0 spiro atoms. The number of benzene rings is 1. The zero-order valence-electron chi connectivity index (χ0n) is 14.4. The molecule has 1 unspecified atom stereocenters. The van der Waals surface area contributed by atoms with Crippen molar-refractivity contribution in [2.24, 2.45) is 16.0 Å². The van der Waals surface area contributed by atoms with Crippen LogP contribution in [-0.4, -0.2) is 53.7 Å². The van der Waals surface area contributed by atoms with Gasteiger partial charge in [0.2, 0.25) is 5.13 Å². The average molecular weight is 374 g/mol. The van der Waals surface area contributed by atoms with E-state index in [0.717, 1.165) is 10.2 Å². The van der Waals surface area contributed by atoms with Crippen LogP contribution in [-0.2, 0) is 14.3 Å². The molecule has 8 nitrogen and oxygen atoms in total. The van der Waals surface area contributed by atoms with Crippen LogP contribution < -0.4 is 5.01 Å². The van der Waals surface area contributed by atoms with Crippen LogP contribution in [0.3, 0.4) is 0 Å². The molecule has 2 heterocycles. The van der Waals surface area contributed by atoms with E-state index < -0.39 is 11.9 Å². The summed E-state index contributed by atoms with van der Waals surface area (Å²) in [6.45, 7) is 1.75. The van der Waals surface area contributed by atoms with E-state index in [1.165, 1.54) is 23.5 Å². The minimum atomic E-state index is -0.757. The van der Waals surface area contributed by atoms with Gasteiger partial charge in [-0.15, -0.1) is 0 Å². The van der Waals surface area contributed by atoms with Crippen molar-refractivity contribution in [3.8, 4) is 0 Å².